The molecule has 0 aromatic rings. The third-order valence-electron chi connectivity index (χ3n) is 2.29. The minimum Gasteiger partial charge on any atom is -1.00 e. The largest absolute Gasteiger partial charge is 1.00 e. The molecule has 0 heterocycles. The minimum atomic E-state index is 0. The van der Waals surface area contributed by atoms with Crippen LogP contribution < -0.4 is 24.8 Å². The molecule has 0 aromatic heterocycles. The van der Waals surface area contributed by atoms with Gasteiger partial charge in [-0.15, -0.1) is 0 Å². The predicted octanol–water partition coefficient (Wildman–Crippen LogP) is -1.45. The van der Waals surface area contributed by atoms with Gasteiger partial charge in [-0.1, -0.05) is 44.1 Å². The van der Waals surface area contributed by atoms with Crippen molar-refractivity contribution >= 4 is 3.71 Å². The van der Waals surface area contributed by atoms with E-state index in [-0.39, 0.29) is 24.8 Å². The van der Waals surface area contributed by atoms with E-state index >= 15 is 0 Å². The molecule has 0 bridgehead atoms. The summed E-state index contributed by atoms with van der Waals surface area (Å²) in [7, 11) is 0. The van der Waals surface area contributed by atoms with Crippen molar-refractivity contribution in [1.82, 2.24) is 0 Å². The Hall–Kier alpha value is 0.293. The van der Waals surface area contributed by atoms with Gasteiger partial charge in [-0.05, 0) is 6.42 Å². The molecular weight excluding hydrogens is 354 g/mol. The Morgan fingerprint density at radius 2 is 1.89 bits per heavy atom. The maximum absolute atomic E-state index is 3.76. The van der Waals surface area contributed by atoms with Gasteiger partial charge in [-0.2, -0.15) is 12.0 Å². The summed E-state index contributed by atoms with van der Waals surface area (Å²) in [6.45, 7) is 9.98. The first-order valence-electron chi connectivity index (χ1n) is 5.99. The van der Waals surface area contributed by atoms with Crippen molar-refractivity contribution in [2.24, 2.45) is 0 Å². The maximum Gasteiger partial charge on any atom is -0.0158 e. The molecule has 106 valence electrons. The summed E-state index contributed by atoms with van der Waals surface area (Å²) in [5.41, 5.74) is 4.09. The predicted molar refractivity (Wildman–Crippen MR) is 74.4 cm³/mol. The Kier molecular flexibility index (Phi) is 20.9. The number of halogens is 2. The number of rotatable bonds is 1. The van der Waals surface area contributed by atoms with E-state index < -0.39 is 0 Å². The molecule has 0 unspecified atom stereocenters. The second kappa shape index (κ2) is 16.3. The molecule has 0 nitrogen and oxygen atoms in total. The quantitative estimate of drug-likeness (QED) is 0.491. The first kappa shape index (κ1) is 24.3. The van der Waals surface area contributed by atoms with Crippen LogP contribution in [0.25, 0.3) is 0 Å². The van der Waals surface area contributed by atoms with Crippen molar-refractivity contribution in [3.05, 3.63) is 54.0 Å². The van der Waals surface area contributed by atoms with Crippen LogP contribution in [-0.4, -0.2) is 3.71 Å². The van der Waals surface area contributed by atoms with Crippen molar-refractivity contribution < 1.29 is 49.0 Å². The molecule has 0 saturated carbocycles. The van der Waals surface area contributed by atoms with Gasteiger partial charge < -0.3 is 31.7 Å². The number of hydrogen-bond acceptors (Lipinski definition) is 0. The van der Waals surface area contributed by atoms with Gasteiger partial charge in [0, 0.05) is 0 Å². The minimum absolute atomic E-state index is 0. The maximum atomic E-state index is 3.76. The van der Waals surface area contributed by atoms with Crippen LogP contribution in [0, 0.1) is 13.0 Å². The van der Waals surface area contributed by atoms with E-state index in [1.807, 2.05) is 6.92 Å². The standard InChI is InChI=1S/2C7H9.C2H4.2ClH.Zr/c1-6-3-4-7(2)5-6;1-2-7-5-3-4-6-7;1-2;;;/h3H,4H2,1-2H3;3-5H,1-2,6H2;1H,2H3;2*1H;/q2*-1;;;;+2/p-2. The summed E-state index contributed by atoms with van der Waals surface area (Å²) < 4.78 is 2.09. The summed E-state index contributed by atoms with van der Waals surface area (Å²) >= 11 is 1.51. The van der Waals surface area contributed by atoms with Crippen molar-refractivity contribution in [2.75, 3.05) is 0 Å². The Balaban J connectivity index is -0.000000207. The van der Waals surface area contributed by atoms with Gasteiger partial charge in [0.15, 0.2) is 0 Å². The molecule has 2 aliphatic rings. The van der Waals surface area contributed by atoms with Crippen LogP contribution in [0.3, 0.4) is 0 Å². The fraction of sp³-hybridized carbons (Fsp3) is 0.375. The third kappa shape index (κ3) is 14.5. The second-order valence-electron chi connectivity index (χ2n) is 3.99. The average Bonchev–Trinajstić information content (AvgIpc) is 2.92. The van der Waals surface area contributed by atoms with Gasteiger partial charge >= 0.3 is 34.9 Å². The number of hydrogen-bond donors (Lipinski definition) is 0. The van der Waals surface area contributed by atoms with Gasteiger partial charge in [0.25, 0.3) is 0 Å². The average molecular weight is 376 g/mol. The SMILES string of the molecule is CC1=[C-]C(C)=CC1.C[CH]=[Zr+2].[CH2-]CC1=CC=CC1.[Cl-].[Cl-]. The molecule has 2 aliphatic carbocycles. The van der Waals surface area contributed by atoms with E-state index in [1.165, 1.54) is 41.0 Å². The molecule has 0 N–H and O–H groups in total. The summed E-state index contributed by atoms with van der Waals surface area (Å²) in [6.07, 6.45) is 15.0. The van der Waals surface area contributed by atoms with E-state index in [0.717, 1.165) is 19.3 Å². The zero-order chi connectivity index (χ0) is 13.1. The summed E-state index contributed by atoms with van der Waals surface area (Å²) in [4.78, 5) is 0. The Morgan fingerprint density at radius 3 is 2.05 bits per heavy atom. The molecule has 0 aromatic carbocycles. The molecule has 0 saturated heterocycles. The third-order valence-corrected chi connectivity index (χ3v) is 2.29. The van der Waals surface area contributed by atoms with Crippen molar-refractivity contribution in [3.8, 4) is 0 Å². The van der Waals surface area contributed by atoms with Crippen LogP contribution in [0.1, 0.15) is 40.0 Å². The molecular formula is C16H22Cl2Zr-2. The van der Waals surface area contributed by atoms with Crippen LogP contribution >= 0.6 is 0 Å². The first-order valence-corrected chi connectivity index (χ1v) is 7.41. The molecule has 19 heavy (non-hydrogen) atoms. The van der Waals surface area contributed by atoms with Gasteiger partial charge in [-0.3, -0.25) is 6.08 Å². The monoisotopic (exact) mass is 374 g/mol. The normalized spacial score (nSPS) is 14.3. The smallest absolute Gasteiger partial charge is 0.0158 e. The van der Waals surface area contributed by atoms with Gasteiger partial charge in [0.1, 0.15) is 0 Å². The Morgan fingerprint density at radius 1 is 1.32 bits per heavy atom. The molecule has 0 amide bonds. The van der Waals surface area contributed by atoms with Crippen LogP contribution in [0.15, 0.2) is 41.0 Å². The molecule has 2 rings (SSSR count). The molecule has 0 radical (unpaired) electrons. The topological polar surface area (TPSA) is 0 Å². The summed E-state index contributed by atoms with van der Waals surface area (Å²) in [5.74, 6) is 0. The van der Waals surface area contributed by atoms with Crippen LogP contribution in [0.2, 0.25) is 0 Å². The van der Waals surface area contributed by atoms with Gasteiger partial charge in [-0.25, -0.2) is 11.6 Å². The van der Waals surface area contributed by atoms with Crippen molar-refractivity contribution in [2.45, 2.75) is 40.0 Å². The van der Waals surface area contributed by atoms with Crippen LogP contribution in [-0.2, 0) is 24.2 Å². The molecule has 0 atom stereocenters. The zero-order valence-corrected chi connectivity index (χ0v) is 15.9. The molecule has 3 heteroatoms. The van der Waals surface area contributed by atoms with Crippen molar-refractivity contribution in [3.63, 3.8) is 0 Å². The fourth-order valence-electron chi connectivity index (χ4n) is 1.42. The summed E-state index contributed by atoms with van der Waals surface area (Å²) in [6, 6.07) is 0. The molecule has 0 spiro atoms. The van der Waals surface area contributed by atoms with Gasteiger partial charge in [0.05, 0.1) is 0 Å². The Labute approximate surface area is 146 Å². The van der Waals surface area contributed by atoms with E-state index in [0.29, 0.717) is 0 Å². The van der Waals surface area contributed by atoms with E-state index in [1.54, 1.807) is 0 Å². The summed E-state index contributed by atoms with van der Waals surface area (Å²) in [5, 5.41) is 0. The van der Waals surface area contributed by atoms with Crippen LogP contribution in [0.5, 0.6) is 0 Å². The van der Waals surface area contributed by atoms with E-state index in [4.69, 9.17) is 0 Å². The number of allylic oxidation sites excluding steroid dienone is 8. The fourth-order valence-corrected chi connectivity index (χ4v) is 1.42. The molecule has 0 fully saturated rings. The van der Waals surface area contributed by atoms with E-state index in [9.17, 15) is 0 Å². The Bertz CT molecular complexity index is 350. The zero-order valence-electron chi connectivity index (χ0n) is 12.0. The van der Waals surface area contributed by atoms with Crippen LogP contribution in [0.4, 0.5) is 0 Å². The van der Waals surface area contributed by atoms with E-state index in [2.05, 4.69) is 54.9 Å². The molecule has 0 aliphatic heterocycles. The first-order chi connectivity index (χ1) is 8.13. The van der Waals surface area contributed by atoms with Crippen molar-refractivity contribution in [1.29, 1.82) is 0 Å². The second-order valence-corrected chi connectivity index (χ2v) is 5.41. The van der Waals surface area contributed by atoms with Gasteiger partial charge in [0.2, 0.25) is 0 Å².